The van der Waals surface area contributed by atoms with Gasteiger partial charge in [0.15, 0.2) is 0 Å². The first-order chi connectivity index (χ1) is 6.22. The number of carbonyl (C=O) groups excluding carboxylic acids is 1. The van der Waals surface area contributed by atoms with E-state index in [4.69, 9.17) is 0 Å². The van der Waals surface area contributed by atoms with Crippen molar-refractivity contribution >= 4 is 5.91 Å². The molecule has 5 heteroatoms. The van der Waals surface area contributed by atoms with Crippen LogP contribution in [-0.2, 0) is 4.79 Å². The third-order valence-electron chi connectivity index (χ3n) is 2.31. The summed E-state index contributed by atoms with van der Waals surface area (Å²) in [7, 11) is 0. The zero-order valence-electron chi connectivity index (χ0n) is 8.39. The second-order valence-corrected chi connectivity index (χ2v) is 4.21. The van der Waals surface area contributed by atoms with Crippen molar-refractivity contribution in [3.63, 3.8) is 0 Å². The highest BCUT2D eigenvalue weighted by atomic mass is 19.3. The highest BCUT2D eigenvalue weighted by Gasteiger charge is 2.38. The number of rotatable bonds is 1. The zero-order valence-corrected chi connectivity index (χ0v) is 8.39. The molecule has 0 unspecified atom stereocenters. The van der Waals surface area contributed by atoms with Crippen molar-refractivity contribution in [2.24, 2.45) is 0 Å². The zero-order chi connectivity index (χ0) is 11.0. The van der Waals surface area contributed by atoms with Crippen LogP contribution in [-0.4, -0.2) is 40.5 Å². The van der Waals surface area contributed by atoms with Gasteiger partial charge in [-0.2, -0.15) is 0 Å². The second kappa shape index (κ2) is 3.46. The fourth-order valence-electron chi connectivity index (χ4n) is 1.42. The lowest BCUT2D eigenvalue weighted by molar-refractivity contribution is -0.153. The van der Waals surface area contributed by atoms with Gasteiger partial charge in [-0.25, -0.2) is 8.78 Å². The molecule has 0 spiro atoms. The Kier molecular flexibility index (Phi) is 2.81. The normalized spacial score (nSPS) is 22.2. The third-order valence-corrected chi connectivity index (χ3v) is 2.31. The average Bonchev–Trinajstić information content (AvgIpc) is 2.01. The smallest absolute Gasteiger partial charge is 0.253 e. The third kappa shape index (κ3) is 2.64. The van der Waals surface area contributed by atoms with Crippen LogP contribution in [0.3, 0.4) is 0 Å². The van der Waals surface area contributed by atoms with Crippen LogP contribution in [0.25, 0.3) is 0 Å². The Bertz CT molecular complexity index is 225. The van der Waals surface area contributed by atoms with Gasteiger partial charge in [0.1, 0.15) is 5.60 Å². The number of aliphatic hydroxyl groups is 1. The van der Waals surface area contributed by atoms with E-state index in [1.54, 1.807) is 0 Å². The number of carbonyl (C=O) groups is 1. The summed E-state index contributed by atoms with van der Waals surface area (Å²) in [5, 5.41) is 9.39. The Hall–Kier alpha value is -0.710. The molecular formula is C9H15F2NO2. The molecule has 0 bridgehead atoms. The Balaban J connectivity index is 2.55. The van der Waals surface area contributed by atoms with Crippen LogP contribution in [0.1, 0.15) is 26.7 Å². The quantitative estimate of drug-likeness (QED) is 0.697. The molecule has 1 aliphatic rings. The standard InChI is InChI=1S/C9H15F2NO2/c1-8(2,14)7(13)12-5-3-9(10,11)4-6-12/h14H,3-6H2,1-2H3. The lowest BCUT2D eigenvalue weighted by Crippen LogP contribution is -2.50. The molecule has 3 nitrogen and oxygen atoms in total. The summed E-state index contributed by atoms with van der Waals surface area (Å²) >= 11 is 0. The average molecular weight is 207 g/mol. The van der Waals surface area contributed by atoms with Gasteiger partial charge in [0.2, 0.25) is 0 Å². The van der Waals surface area contributed by atoms with Gasteiger partial charge >= 0.3 is 0 Å². The van der Waals surface area contributed by atoms with E-state index < -0.39 is 17.4 Å². The Labute approximate surface area is 81.7 Å². The molecule has 0 aromatic heterocycles. The number of piperidine rings is 1. The molecule has 1 heterocycles. The van der Waals surface area contributed by atoms with Gasteiger partial charge in [0, 0.05) is 25.9 Å². The number of hydrogen-bond donors (Lipinski definition) is 1. The van der Waals surface area contributed by atoms with Crippen LogP contribution in [0.15, 0.2) is 0 Å². The van der Waals surface area contributed by atoms with Gasteiger partial charge in [-0.1, -0.05) is 0 Å². The Morgan fingerprint density at radius 2 is 1.79 bits per heavy atom. The van der Waals surface area contributed by atoms with E-state index in [-0.39, 0.29) is 25.9 Å². The summed E-state index contributed by atoms with van der Waals surface area (Å²) in [6.45, 7) is 2.77. The maximum Gasteiger partial charge on any atom is 0.253 e. The van der Waals surface area contributed by atoms with Crippen LogP contribution in [0.2, 0.25) is 0 Å². The van der Waals surface area contributed by atoms with Gasteiger partial charge in [-0.3, -0.25) is 4.79 Å². The maximum absolute atomic E-state index is 12.7. The van der Waals surface area contributed by atoms with Crippen LogP contribution in [0.4, 0.5) is 8.78 Å². The molecule has 1 N–H and O–H groups in total. The number of alkyl halides is 2. The molecule has 0 saturated carbocycles. The summed E-state index contributed by atoms with van der Waals surface area (Å²) < 4.78 is 25.5. The van der Waals surface area contributed by atoms with E-state index in [1.807, 2.05) is 0 Å². The highest BCUT2D eigenvalue weighted by molar-refractivity contribution is 5.84. The van der Waals surface area contributed by atoms with Crippen molar-refractivity contribution in [2.45, 2.75) is 38.2 Å². The molecule has 0 aromatic rings. The number of nitrogens with zero attached hydrogens (tertiary/aromatic N) is 1. The highest BCUT2D eigenvalue weighted by Crippen LogP contribution is 2.28. The molecule has 1 fully saturated rings. The number of amides is 1. The van der Waals surface area contributed by atoms with Crippen molar-refractivity contribution in [1.82, 2.24) is 4.90 Å². The van der Waals surface area contributed by atoms with E-state index in [2.05, 4.69) is 0 Å². The van der Waals surface area contributed by atoms with Gasteiger partial charge in [-0.15, -0.1) is 0 Å². The largest absolute Gasteiger partial charge is 0.381 e. The van der Waals surface area contributed by atoms with Crippen LogP contribution in [0, 0.1) is 0 Å². The first-order valence-electron chi connectivity index (χ1n) is 4.62. The van der Waals surface area contributed by atoms with E-state index in [1.165, 1.54) is 18.7 Å². The molecular weight excluding hydrogens is 192 g/mol. The van der Waals surface area contributed by atoms with Gasteiger partial charge in [0.25, 0.3) is 11.8 Å². The van der Waals surface area contributed by atoms with E-state index in [0.29, 0.717) is 0 Å². The summed E-state index contributed by atoms with van der Waals surface area (Å²) in [5.41, 5.74) is -1.47. The molecule has 1 amide bonds. The predicted molar refractivity (Wildman–Crippen MR) is 47.1 cm³/mol. The van der Waals surface area contributed by atoms with Crippen molar-refractivity contribution in [1.29, 1.82) is 0 Å². The molecule has 82 valence electrons. The minimum absolute atomic E-state index is 0.0236. The van der Waals surface area contributed by atoms with Crippen LogP contribution >= 0.6 is 0 Å². The Morgan fingerprint density at radius 1 is 1.36 bits per heavy atom. The topological polar surface area (TPSA) is 40.5 Å². The molecule has 1 saturated heterocycles. The molecule has 1 aliphatic heterocycles. The lowest BCUT2D eigenvalue weighted by Gasteiger charge is -2.34. The molecule has 0 radical (unpaired) electrons. The SMILES string of the molecule is CC(C)(O)C(=O)N1CCC(F)(F)CC1. The van der Waals surface area contributed by atoms with Crippen LogP contribution < -0.4 is 0 Å². The summed E-state index contributed by atoms with van der Waals surface area (Å²) in [4.78, 5) is 12.8. The summed E-state index contributed by atoms with van der Waals surface area (Å²) in [6.07, 6.45) is -0.621. The first kappa shape index (κ1) is 11.4. The van der Waals surface area contributed by atoms with Gasteiger partial charge in [0.05, 0.1) is 0 Å². The second-order valence-electron chi connectivity index (χ2n) is 4.21. The van der Waals surface area contributed by atoms with Crippen molar-refractivity contribution in [3.8, 4) is 0 Å². The van der Waals surface area contributed by atoms with E-state index in [0.717, 1.165) is 0 Å². The monoisotopic (exact) mass is 207 g/mol. The van der Waals surface area contributed by atoms with Gasteiger partial charge < -0.3 is 10.0 Å². The lowest BCUT2D eigenvalue weighted by atomic mass is 10.0. The number of hydrogen-bond acceptors (Lipinski definition) is 2. The molecule has 0 aliphatic carbocycles. The maximum atomic E-state index is 12.7. The molecule has 0 aromatic carbocycles. The van der Waals surface area contributed by atoms with Crippen LogP contribution in [0.5, 0.6) is 0 Å². The summed E-state index contributed by atoms with van der Waals surface area (Å²) in [6, 6.07) is 0. The van der Waals surface area contributed by atoms with E-state index >= 15 is 0 Å². The van der Waals surface area contributed by atoms with E-state index in [9.17, 15) is 18.7 Å². The first-order valence-corrected chi connectivity index (χ1v) is 4.62. The number of likely N-dealkylation sites (tertiary alicyclic amines) is 1. The number of halogens is 2. The predicted octanol–water partition coefficient (Wildman–Crippen LogP) is 1.01. The fraction of sp³-hybridized carbons (Fsp3) is 0.889. The molecule has 1 rings (SSSR count). The Morgan fingerprint density at radius 3 is 2.14 bits per heavy atom. The van der Waals surface area contributed by atoms with Crippen molar-refractivity contribution in [3.05, 3.63) is 0 Å². The fourth-order valence-corrected chi connectivity index (χ4v) is 1.42. The molecule has 0 atom stereocenters. The minimum atomic E-state index is -2.66. The van der Waals surface area contributed by atoms with Crippen molar-refractivity contribution < 1.29 is 18.7 Å². The minimum Gasteiger partial charge on any atom is -0.381 e. The summed E-state index contributed by atoms with van der Waals surface area (Å²) in [5.74, 6) is -3.14. The van der Waals surface area contributed by atoms with Gasteiger partial charge in [-0.05, 0) is 13.8 Å². The van der Waals surface area contributed by atoms with Crippen molar-refractivity contribution in [2.75, 3.05) is 13.1 Å². The molecule has 14 heavy (non-hydrogen) atoms.